The Morgan fingerprint density at radius 1 is 1.15 bits per heavy atom. The summed E-state index contributed by atoms with van der Waals surface area (Å²) >= 11 is 7.78. The van der Waals surface area contributed by atoms with E-state index in [9.17, 15) is 0 Å². The molecule has 1 aromatic heterocycles. The quantitative estimate of drug-likeness (QED) is 0.875. The smallest absolute Gasteiger partial charge is 0.192 e. The topological polar surface area (TPSA) is 51.8 Å². The fourth-order valence-electron chi connectivity index (χ4n) is 1.84. The molecule has 0 saturated heterocycles. The lowest BCUT2D eigenvalue weighted by atomic mass is 10.1. The Morgan fingerprint density at radius 3 is 2.35 bits per heavy atom. The Kier molecular flexibility index (Phi) is 5.02. The Balaban J connectivity index is 2.24. The van der Waals surface area contributed by atoms with Gasteiger partial charge in [0.1, 0.15) is 0 Å². The molecule has 0 bridgehead atoms. The van der Waals surface area contributed by atoms with Gasteiger partial charge in [0, 0.05) is 21.3 Å². The van der Waals surface area contributed by atoms with E-state index in [0.717, 1.165) is 44.0 Å². The molecule has 2 rings (SSSR count). The van der Waals surface area contributed by atoms with Gasteiger partial charge in [-0.25, -0.2) is 9.97 Å². The van der Waals surface area contributed by atoms with Gasteiger partial charge in [-0.05, 0) is 68.8 Å². The van der Waals surface area contributed by atoms with Crippen LogP contribution in [-0.4, -0.2) is 16.5 Å². The molecule has 0 unspecified atom stereocenters. The van der Waals surface area contributed by atoms with Gasteiger partial charge >= 0.3 is 0 Å². The summed E-state index contributed by atoms with van der Waals surface area (Å²) in [4.78, 5) is 10.1. The number of rotatable bonds is 4. The highest BCUT2D eigenvalue weighted by molar-refractivity contribution is 7.99. The first kappa shape index (κ1) is 15.3. The monoisotopic (exact) mass is 307 g/mol. The summed E-state index contributed by atoms with van der Waals surface area (Å²) in [7, 11) is 0. The number of benzene rings is 1. The molecule has 0 atom stereocenters. The first-order chi connectivity index (χ1) is 9.51. The van der Waals surface area contributed by atoms with Crippen LogP contribution in [0.4, 0.5) is 0 Å². The molecule has 2 aromatic rings. The molecule has 0 aliphatic heterocycles. The number of nitrogens with zero attached hydrogens (tertiary/aromatic N) is 2. The van der Waals surface area contributed by atoms with Gasteiger partial charge in [0.15, 0.2) is 5.16 Å². The van der Waals surface area contributed by atoms with Crippen LogP contribution in [0.1, 0.15) is 22.5 Å². The molecule has 20 heavy (non-hydrogen) atoms. The maximum absolute atomic E-state index is 6.25. The van der Waals surface area contributed by atoms with E-state index in [2.05, 4.69) is 9.97 Å². The van der Waals surface area contributed by atoms with Crippen molar-refractivity contribution in [3.63, 3.8) is 0 Å². The third kappa shape index (κ3) is 3.51. The molecule has 5 heteroatoms. The lowest BCUT2D eigenvalue weighted by Gasteiger charge is -2.08. The number of nitrogens with two attached hydrogens (primary N) is 1. The predicted molar refractivity (Wildman–Crippen MR) is 84.6 cm³/mol. The van der Waals surface area contributed by atoms with Crippen LogP contribution in [0.3, 0.4) is 0 Å². The summed E-state index contributed by atoms with van der Waals surface area (Å²) in [5.41, 5.74) is 9.82. The predicted octanol–water partition coefficient (Wildman–Crippen LogP) is 3.71. The van der Waals surface area contributed by atoms with Crippen LogP contribution in [0.2, 0.25) is 5.02 Å². The second kappa shape index (κ2) is 6.57. The number of halogens is 1. The number of hydrogen-bond donors (Lipinski definition) is 1. The molecule has 0 saturated carbocycles. The largest absolute Gasteiger partial charge is 0.330 e. The number of hydrogen-bond acceptors (Lipinski definition) is 4. The van der Waals surface area contributed by atoms with Crippen molar-refractivity contribution in [2.45, 2.75) is 37.2 Å². The molecule has 1 heterocycles. The van der Waals surface area contributed by atoms with E-state index in [1.54, 1.807) is 0 Å². The zero-order valence-electron chi connectivity index (χ0n) is 11.9. The summed E-state index contributed by atoms with van der Waals surface area (Å²) in [5.74, 6) is 0. The third-order valence-corrected chi connectivity index (χ3v) is 4.47. The normalized spacial score (nSPS) is 10.8. The van der Waals surface area contributed by atoms with E-state index in [4.69, 9.17) is 17.3 Å². The van der Waals surface area contributed by atoms with Gasteiger partial charge in [-0.1, -0.05) is 17.7 Å². The zero-order chi connectivity index (χ0) is 14.7. The molecular formula is C15H18ClN3S. The third-order valence-electron chi connectivity index (χ3n) is 3.26. The van der Waals surface area contributed by atoms with Crippen molar-refractivity contribution in [1.29, 1.82) is 0 Å². The van der Waals surface area contributed by atoms with Crippen LogP contribution in [-0.2, 0) is 6.42 Å². The molecule has 0 aliphatic carbocycles. The van der Waals surface area contributed by atoms with E-state index in [-0.39, 0.29) is 0 Å². The highest BCUT2D eigenvalue weighted by atomic mass is 35.5. The number of aromatic nitrogens is 2. The Bertz CT molecular complexity index is 606. The average molecular weight is 308 g/mol. The van der Waals surface area contributed by atoms with Crippen molar-refractivity contribution in [3.8, 4) is 0 Å². The van der Waals surface area contributed by atoms with Crippen molar-refractivity contribution in [1.82, 2.24) is 9.97 Å². The summed E-state index contributed by atoms with van der Waals surface area (Å²) < 4.78 is 0. The Labute approximate surface area is 129 Å². The van der Waals surface area contributed by atoms with E-state index in [0.29, 0.717) is 6.54 Å². The summed E-state index contributed by atoms with van der Waals surface area (Å²) in [6, 6.07) is 6.01. The molecule has 0 aliphatic rings. The second-order valence-electron chi connectivity index (χ2n) is 4.70. The average Bonchev–Trinajstić information content (AvgIpc) is 2.39. The van der Waals surface area contributed by atoms with E-state index >= 15 is 0 Å². The van der Waals surface area contributed by atoms with Gasteiger partial charge in [0.05, 0.1) is 0 Å². The minimum atomic E-state index is 0.603. The van der Waals surface area contributed by atoms with Crippen LogP contribution in [0.25, 0.3) is 0 Å². The highest BCUT2D eigenvalue weighted by Crippen LogP contribution is 2.29. The van der Waals surface area contributed by atoms with Gasteiger partial charge in [0.25, 0.3) is 0 Å². The van der Waals surface area contributed by atoms with E-state index in [1.807, 2.05) is 39.0 Å². The van der Waals surface area contributed by atoms with Crippen molar-refractivity contribution in [3.05, 3.63) is 45.7 Å². The molecular weight excluding hydrogens is 290 g/mol. The molecule has 3 nitrogen and oxygen atoms in total. The summed E-state index contributed by atoms with van der Waals surface area (Å²) in [6.45, 7) is 6.65. The SMILES string of the molecule is Cc1nc(Sc2ccc(CCN)c(Cl)c2)nc(C)c1C. The van der Waals surface area contributed by atoms with Gasteiger partial charge in [-0.2, -0.15) is 0 Å². The Morgan fingerprint density at radius 2 is 1.80 bits per heavy atom. The van der Waals surface area contributed by atoms with Crippen LogP contribution in [0.15, 0.2) is 28.3 Å². The van der Waals surface area contributed by atoms with Crippen molar-refractivity contribution in [2.24, 2.45) is 5.73 Å². The molecule has 0 fully saturated rings. The minimum Gasteiger partial charge on any atom is -0.330 e. The maximum atomic E-state index is 6.25. The molecule has 106 valence electrons. The van der Waals surface area contributed by atoms with Crippen LogP contribution < -0.4 is 5.73 Å². The van der Waals surface area contributed by atoms with Gasteiger partial charge in [-0.3, -0.25) is 0 Å². The Hall–Kier alpha value is -1.10. The van der Waals surface area contributed by atoms with Crippen LogP contribution in [0, 0.1) is 20.8 Å². The molecule has 0 amide bonds. The van der Waals surface area contributed by atoms with E-state index < -0.39 is 0 Å². The fourth-order valence-corrected chi connectivity index (χ4v) is 3.07. The van der Waals surface area contributed by atoms with Crippen molar-refractivity contribution >= 4 is 23.4 Å². The van der Waals surface area contributed by atoms with Gasteiger partial charge in [-0.15, -0.1) is 0 Å². The zero-order valence-corrected chi connectivity index (χ0v) is 13.5. The van der Waals surface area contributed by atoms with Gasteiger partial charge in [0.2, 0.25) is 0 Å². The lowest BCUT2D eigenvalue weighted by Crippen LogP contribution is -2.03. The summed E-state index contributed by atoms with van der Waals surface area (Å²) in [6.07, 6.45) is 0.795. The lowest BCUT2D eigenvalue weighted by molar-refractivity contribution is 0.881. The van der Waals surface area contributed by atoms with Gasteiger partial charge < -0.3 is 5.73 Å². The fraction of sp³-hybridized carbons (Fsp3) is 0.333. The van der Waals surface area contributed by atoms with Crippen molar-refractivity contribution < 1.29 is 0 Å². The minimum absolute atomic E-state index is 0.603. The molecule has 1 aromatic carbocycles. The second-order valence-corrected chi connectivity index (χ2v) is 6.14. The standard InChI is InChI=1S/C15H18ClN3S/c1-9-10(2)18-15(19-11(9)3)20-13-5-4-12(6-7-17)14(16)8-13/h4-5,8H,6-7,17H2,1-3H3. The van der Waals surface area contributed by atoms with Crippen LogP contribution >= 0.6 is 23.4 Å². The first-order valence-electron chi connectivity index (χ1n) is 6.49. The van der Waals surface area contributed by atoms with E-state index in [1.165, 1.54) is 11.8 Å². The first-order valence-corrected chi connectivity index (χ1v) is 7.69. The molecule has 2 N–H and O–H groups in total. The summed E-state index contributed by atoms with van der Waals surface area (Å²) in [5, 5.41) is 1.51. The molecule has 0 spiro atoms. The maximum Gasteiger partial charge on any atom is 0.192 e. The number of aryl methyl sites for hydroxylation is 2. The molecule has 0 radical (unpaired) electrons. The highest BCUT2D eigenvalue weighted by Gasteiger charge is 2.08. The van der Waals surface area contributed by atoms with Crippen molar-refractivity contribution in [2.75, 3.05) is 6.54 Å². The van der Waals surface area contributed by atoms with Crippen LogP contribution in [0.5, 0.6) is 0 Å².